The van der Waals surface area contributed by atoms with Crippen LogP contribution in [0.1, 0.15) is 62.9 Å². The summed E-state index contributed by atoms with van der Waals surface area (Å²) in [4.78, 5) is 41.6. The number of aliphatic hydroxyl groups is 1. The van der Waals surface area contributed by atoms with Gasteiger partial charge in [0, 0.05) is 12.2 Å². The van der Waals surface area contributed by atoms with Crippen molar-refractivity contribution in [1.29, 1.82) is 0 Å². The van der Waals surface area contributed by atoms with Gasteiger partial charge in [-0.05, 0) is 64.2 Å². The van der Waals surface area contributed by atoms with Crippen LogP contribution in [0.2, 0.25) is 0 Å². The minimum Gasteiger partial charge on any atom is -0.444 e. The number of aryl methyl sites for hydroxylation is 3. The van der Waals surface area contributed by atoms with E-state index in [0.29, 0.717) is 11.3 Å². The van der Waals surface area contributed by atoms with Crippen molar-refractivity contribution < 1.29 is 24.2 Å². The number of nitrogens with zero attached hydrogens (tertiary/aromatic N) is 1. The Labute approximate surface area is 220 Å². The first-order valence-corrected chi connectivity index (χ1v) is 12.6. The van der Waals surface area contributed by atoms with E-state index in [1.165, 1.54) is 4.90 Å². The topological polar surface area (TPSA) is 108 Å². The molecule has 0 fully saturated rings. The number of aliphatic hydroxyl groups excluding tert-OH is 1. The quantitative estimate of drug-likeness (QED) is 0.454. The van der Waals surface area contributed by atoms with Gasteiger partial charge in [-0.2, -0.15) is 0 Å². The van der Waals surface area contributed by atoms with E-state index in [-0.39, 0.29) is 19.1 Å². The van der Waals surface area contributed by atoms with Gasteiger partial charge in [-0.1, -0.05) is 61.9 Å². The molecule has 8 nitrogen and oxygen atoms in total. The normalized spacial score (nSPS) is 13.0. The number of ether oxygens (including phenoxy) is 1. The summed E-state index contributed by atoms with van der Waals surface area (Å²) in [5.41, 5.74) is 3.31. The predicted octanol–water partition coefficient (Wildman–Crippen LogP) is 4.66. The van der Waals surface area contributed by atoms with Crippen molar-refractivity contribution in [2.45, 2.75) is 73.1 Å². The number of rotatable bonds is 9. The molecule has 2 atom stereocenters. The summed E-state index contributed by atoms with van der Waals surface area (Å²) in [6.45, 7) is 14.1. The molecular formula is C29H41N3O5. The molecule has 2 rings (SSSR count). The van der Waals surface area contributed by atoms with Crippen molar-refractivity contribution in [3.8, 4) is 0 Å². The maximum atomic E-state index is 13.9. The van der Waals surface area contributed by atoms with E-state index in [4.69, 9.17) is 4.74 Å². The summed E-state index contributed by atoms with van der Waals surface area (Å²) in [5, 5.41) is 15.6. The Kier molecular flexibility index (Phi) is 10.3. The van der Waals surface area contributed by atoms with E-state index < -0.39 is 35.6 Å². The molecule has 0 aliphatic carbocycles. The van der Waals surface area contributed by atoms with Crippen molar-refractivity contribution in [1.82, 2.24) is 10.2 Å². The summed E-state index contributed by atoms with van der Waals surface area (Å²) in [7, 11) is 0. The third kappa shape index (κ3) is 8.32. The van der Waals surface area contributed by atoms with Gasteiger partial charge in [0.25, 0.3) is 5.91 Å². The lowest BCUT2D eigenvalue weighted by Crippen LogP contribution is -2.55. The number of carbonyl (C=O) groups excluding carboxylic acids is 3. The summed E-state index contributed by atoms with van der Waals surface area (Å²) in [5.74, 6) is -1.21. The van der Waals surface area contributed by atoms with E-state index >= 15 is 0 Å². The van der Waals surface area contributed by atoms with Gasteiger partial charge < -0.3 is 25.4 Å². The number of alkyl carbamates (subject to hydrolysis) is 1. The molecule has 202 valence electrons. The lowest BCUT2D eigenvalue weighted by molar-refractivity contribution is -0.142. The predicted molar refractivity (Wildman–Crippen MR) is 145 cm³/mol. The Hall–Kier alpha value is -3.39. The van der Waals surface area contributed by atoms with Crippen LogP contribution in [0.4, 0.5) is 10.5 Å². The zero-order chi connectivity index (χ0) is 27.9. The third-order valence-electron chi connectivity index (χ3n) is 5.91. The van der Waals surface area contributed by atoms with Gasteiger partial charge in [0.2, 0.25) is 5.91 Å². The maximum Gasteiger partial charge on any atom is 0.408 e. The Bertz CT molecular complexity index is 1070. The molecular weight excluding hydrogens is 470 g/mol. The van der Waals surface area contributed by atoms with Crippen LogP contribution in [0.25, 0.3) is 0 Å². The first kappa shape index (κ1) is 29.8. The molecule has 0 aliphatic rings. The van der Waals surface area contributed by atoms with Crippen LogP contribution in [0, 0.1) is 26.7 Å². The van der Waals surface area contributed by atoms with Gasteiger partial charge in [0.15, 0.2) is 0 Å². The van der Waals surface area contributed by atoms with Crippen molar-refractivity contribution in [3.05, 3.63) is 64.7 Å². The zero-order valence-corrected chi connectivity index (χ0v) is 23.2. The standard InChI is InChI=1S/C29H41N3O5/c1-18(2)23(31-28(36)37-29(6,7)8)27(35)32(16-17-33)25(22-14-12-19(3)13-15-22)26(34)30-24-20(4)10-9-11-21(24)5/h9-15,18,23,25,33H,16-17H2,1-8H3,(H,30,34)(H,31,36). The molecule has 0 saturated heterocycles. The number of benzene rings is 2. The fraction of sp³-hybridized carbons (Fsp3) is 0.483. The first-order chi connectivity index (χ1) is 17.2. The molecule has 3 amide bonds. The smallest absolute Gasteiger partial charge is 0.408 e. The van der Waals surface area contributed by atoms with E-state index in [1.54, 1.807) is 46.8 Å². The van der Waals surface area contributed by atoms with Crippen LogP contribution in [0.3, 0.4) is 0 Å². The molecule has 0 bridgehead atoms. The molecule has 8 heteroatoms. The van der Waals surface area contributed by atoms with Gasteiger partial charge >= 0.3 is 6.09 Å². The lowest BCUT2D eigenvalue weighted by atomic mass is 9.98. The highest BCUT2D eigenvalue weighted by Gasteiger charge is 2.37. The summed E-state index contributed by atoms with van der Waals surface area (Å²) >= 11 is 0. The van der Waals surface area contributed by atoms with E-state index in [2.05, 4.69) is 10.6 Å². The Morgan fingerprint density at radius 3 is 2.03 bits per heavy atom. The molecule has 0 radical (unpaired) electrons. The van der Waals surface area contributed by atoms with Crippen LogP contribution >= 0.6 is 0 Å². The highest BCUT2D eigenvalue weighted by atomic mass is 16.6. The fourth-order valence-electron chi connectivity index (χ4n) is 4.03. The maximum absolute atomic E-state index is 13.9. The van der Waals surface area contributed by atoms with Crippen LogP contribution in [-0.2, 0) is 14.3 Å². The number of carbonyl (C=O) groups is 3. The number of hydrogen-bond donors (Lipinski definition) is 3. The van der Waals surface area contributed by atoms with Gasteiger partial charge in [-0.25, -0.2) is 4.79 Å². The van der Waals surface area contributed by atoms with Gasteiger partial charge in [-0.3, -0.25) is 9.59 Å². The molecule has 2 unspecified atom stereocenters. The molecule has 0 saturated carbocycles. The van der Waals surface area contributed by atoms with Crippen LogP contribution in [-0.4, -0.2) is 52.7 Å². The monoisotopic (exact) mass is 511 g/mol. The van der Waals surface area contributed by atoms with E-state index in [9.17, 15) is 19.5 Å². The summed E-state index contributed by atoms with van der Waals surface area (Å²) in [6.07, 6.45) is -0.727. The second-order valence-electron chi connectivity index (χ2n) is 10.7. The minimum atomic E-state index is -1.04. The van der Waals surface area contributed by atoms with Gasteiger partial charge in [0.05, 0.1) is 6.61 Å². The second kappa shape index (κ2) is 12.7. The van der Waals surface area contributed by atoms with Crippen molar-refractivity contribution >= 4 is 23.6 Å². The Morgan fingerprint density at radius 1 is 0.973 bits per heavy atom. The number of amides is 3. The van der Waals surface area contributed by atoms with E-state index in [0.717, 1.165) is 16.7 Å². The largest absolute Gasteiger partial charge is 0.444 e. The molecule has 0 aliphatic heterocycles. The van der Waals surface area contributed by atoms with Crippen molar-refractivity contribution in [2.75, 3.05) is 18.5 Å². The van der Waals surface area contributed by atoms with Crippen molar-refractivity contribution in [3.63, 3.8) is 0 Å². The van der Waals surface area contributed by atoms with Crippen molar-refractivity contribution in [2.24, 2.45) is 5.92 Å². The molecule has 3 N–H and O–H groups in total. The number of anilines is 1. The van der Waals surface area contributed by atoms with Gasteiger partial charge in [0.1, 0.15) is 17.7 Å². The highest BCUT2D eigenvalue weighted by Crippen LogP contribution is 2.27. The average Bonchev–Trinajstić information content (AvgIpc) is 2.79. The average molecular weight is 512 g/mol. The highest BCUT2D eigenvalue weighted by molar-refractivity contribution is 6.00. The fourth-order valence-corrected chi connectivity index (χ4v) is 4.03. The van der Waals surface area contributed by atoms with Crippen LogP contribution in [0.5, 0.6) is 0 Å². The Balaban J connectivity index is 2.51. The molecule has 2 aromatic rings. The number of nitrogens with one attached hydrogen (secondary N) is 2. The number of para-hydroxylation sites is 1. The van der Waals surface area contributed by atoms with E-state index in [1.807, 2.05) is 51.1 Å². The SMILES string of the molecule is Cc1ccc(C(C(=O)Nc2c(C)cccc2C)N(CCO)C(=O)C(NC(=O)OC(C)(C)C)C(C)C)cc1. The zero-order valence-electron chi connectivity index (χ0n) is 23.2. The van der Waals surface area contributed by atoms with Crippen LogP contribution < -0.4 is 10.6 Å². The molecule has 0 heterocycles. The summed E-state index contributed by atoms with van der Waals surface area (Å²) in [6, 6.07) is 11.0. The Morgan fingerprint density at radius 2 is 1.54 bits per heavy atom. The molecule has 2 aromatic carbocycles. The second-order valence-corrected chi connectivity index (χ2v) is 10.7. The van der Waals surface area contributed by atoms with Gasteiger partial charge in [-0.15, -0.1) is 0 Å². The lowest BCUT2D eigenvalue weighted by Gasteiger charge is -2.35. The molecule has 0 aromatic heterocycles. The minimum absolute atomic E-state index is 0.100. The number of hydrogen-bond acceptors (Lipinski definition) is 5. The molecule has 37 heavy (non-hydrogen) atoms. The van der Waals surface area contributed by atoms with Crippen LogP contribution in [0.15, 0.2) is 42.5 Å². The summed E-state index contributed by atoms with van der Waals surface area (Å²) < 4.78 is 5.37. The first-order valence-electron chi connectivity index (χ1n) is 12.6. The molecule has 0 spiro atoms. The third-order valence-corrected chi connectivity index (χ3v) is 5.91.